The van der Waals surface area contributed by atoms with Gasteiger partial charge in [-0.25, -0.2) is 5.10 Å². The molecule has 0 aromatic carbocycles. The monoisotopic (exact) mass is 313 g/mol. The fourth-order valence-corrected chi connectivity index (χ4v) is 2.66. The van der Waals surface area contributed by atoms with Crippen molar-refractivity contribution >= 4 is 33.0 Å². The van der Waals surface area contributed by atoms with Crippen LogP contribution >= 0.6 is 27.3 Å². The molecule has 0 saturated heterocycles. The molecule has 0 aliphatic carbocycles. The second-order valence-electron chi connectivity index (χ2n) is 3.74. The van der Waals surface area contributed by atoms with Gasteiger partial charge in [-0.3, -0.25) is 4.79 Å². The van der Waals surface area contributed by atoms with E-state index in [-0.39, 0.29) is 11.6 Å². The van der Waals surface area contributed by atoms with Gasteiger partial charge in [0.05, 0.1) is 17.9 Å². The molecule has 6 heteroatoms. The number of hydrogen-bond acceptors (Lipinski definition) is 4. The Bertz CT molecular complexity index is 578. The minimum Gasteiger partial charge on any atom is -0.375 e. The summed E-state index contributed by atoms with van der Waals surface area (Å²) in [5.41, 5.74) is 0.469. The van der Waals surface area contributed by atoms with Gasteiger partial charge >= 0.3 is 0 Å². The Labute approximate surface area is 111 Å². The van der Waals surface area contributed by atoms with Gasteiger partial charge in [0.15, 0.2) is 0 Å². The number of anilines is 1. The summed E-state index contributed by atoms with van der Waals surface area (Å²) in [5, 5.41) is 9.40. The first-order valence-corrected chi connectivity index (χ1v) is 6.75. The molecule has 1 atom stereocenters. The molecule has 2 heterocycles. The van der Waals surface area contributed by atoms with E-state index < -0.39 is 0 Å². The zero-order valence-electron chi connectivity index (χ0n) is 9.45. The summed E-state index contributed by atoms with van der Waals surface area (Å²) in [6, 6.07) is 4.32. The van der Waals surface area contributed by atoms with Crippen molar-refractivity contribution in [2.24, 2.45) is 0 Å². The van der Waals surface area contributed by atoms with E-state index in [2.05, 4.69) is 57.4 Å². The minimum atomic E-state index is -0.232. The zero-order valence-corrected chi connectivity index (χ0v) is 11.9. The number of aromatic nitrogens is 2. The third-order valence-corrected chi connectivity index (χ3v) is 4.33. The van der Waals surface area contributed by atoms with Crippen molar-refractivity contribution in [3.63, 3.8) is 0 Å². The largest absolute Gasteiger partial charge is 0.375 e. The topological polar surface area (TPSA) is 57.8 Å². The first-order valence-electron chi connectivity index (χ1n) is 5.14. The molecule has 2 N–H and O–H groups in total. The molecule has 4 nitrogen and oxygen atoms in total. The Morgan fingerprint density at radius 2 is 2.29 bits per heavy atom. The molecule has 0 amide bonds. The van der Waals surface area contributed by atoms with E-state index in [0.29, 0.717) is 10.2 Å². The van der Waals surface area contributed by atoms with Crippen molar-refractivity contribution in [2.75, 3.05) is 5.32 Å². The molecule has 90 valence electrons. The van der Waals surface area contributed by atoms with Gasteiger partial charge in [-0.15, -0.1) is 11.3 Å². The van der Waals surface area contributed by atoms with Crippen molar-refractivity contribution in [3.05, 3.63) is 42.9 Å². The lowest BCUT2D eigenvalue weighted by Crippen LogP contribution is -2.13. The third kappa shape index (κ3) is 2.76. The van der Waals surface area contributed by atoms with E-state index in [1.54, 1.807) is 17.5 Å². The van der Waals surface area contributed by atoms with Crippen LogP contribution in [0.15, 0.2) is 27.6 Å². The highest BCUT2D eigenvalue weighted by molar-refractivity contribution is 9.10. The van der Waals surface area contributed by atoms with E-state index in [1.807, 2.05) is 0 Å². The lowest BCUT2D eigenvalue weighted by atomic mass is 10.2. The maximum absolute atomic E-state index is 11.4. The number of aryl methyl sites for hydroxylation is 1. The highest BCUT2D eigenvalue weighted by atomic mass is 79.9. The van der Waals surface area contributed by atoms with Gasteiger partial charge in [0, 0.05) is 9.75 Å². The highest BCUT2D eigenvalue weighted by Gasteiger charge is 2.11. The van der Waals surface area contributed by atoms with Crippen LogP contribution in [0.25, 0.3) is 0 Å². The molecule has 17 heavy (non-hydrogen) atoms. The molecule has 0 bridgehead atoms. The van der Waals surface area contributed by atoms with Gasteiger partial charge in [0.1, 0.15) is 4.47 Å². The van der Waals surface area contributed by atoms with Crippen LogP contribution in [0, 0.1) is 6.92 Å². The zero-order chi connectivity index (χ0) is 12.4. The van der Waals surface area contributed by atoms with Gasteiger partial charge in [-0.1, -0.05) is 0 Å². The van der Waals surface area contributed by atoms with Crippen LogP contribution in [0.2, 0.25) is 0 Å². The fourth-order valence-electron chi connectivity index (χ4n) is 1.47. The number of aromatic amines is 1. The summed E-state index contributed by atoms with van der Waals surface area (Å²) in [5.74, 6) is 0. The Balaban J connectivity index is 2.21. The van der Waals surface area contributed by atoms with Gasteiger partial charge in [-0.05, 0) is 41.9 Å². The van der Waals surface area contributed by atoms with Crippen LogP contribution in [0.1, 0.15) is 22.7 Å². The molecule has 0 fully saturated rings. The molecule has 2 aromatic rings. The normalized spacial score (nSPS) is 12.4. The summed E-state index contributed by atoms with van der Waals surface area (Å²) in [7, 11) is 0. The molecular formula is C11H12BrN3OS. The minimum absolute atomic E-state index is 0.147. The third-order valence-electron chi connectivity index (χ3n) is 2.36. The molecule has 0 aliphatic heterocycles. The molecule has 0 radical (unpaired) electrons. The van der Waals surface area contributed by atoms with Crippen LogP contribution in [0.3, 0.4) is 0 Å². The maximum atomic E-state index is 11.4. The molecule has 2 aromatic heterocycles. The quantitative estimate of drug-likeness (QED) is 0.915. The summed E-state index contributed by atoms with van der Waals surface area (Å²) in [6.45, 7) is 4.13. The maximum Gasteiger partial charge on any atom is 0.280 e. The lowest BCUT2D eigenvalue weighted by molar-refractivity contribution is 0.890. The van der Waals surface area contributed by atoms with Crippen molar-refractivity contribution in [1.29, 1.82) is 0 Å². The van der Waals surface area contributed by atoms with E-state index in [9.17, 15) is 4.79 Å². The van der Waals surface area contributed by atoms with Crippen LogP contribution in [-0.4, -0.2) is 10.2 Å². The summed E-state index contributed by atoms with van der Waals surface area (Å²) in [4.78, 5) is 13.9. The predicted octanol–water partition coefficient (Wildman–Crippen LogP) is 3.08. The van der Waals surface area contributed by atoms with E-state index in [4.69, 9.17) is 0 Å². The van der Waals surface area contributed by atoms with E-state index >= 15 is 0 Å². The van der Waals surface area contributed by atoms with E-state index in [0.717, 1.165) is 0 Å². The van der Waals surface area contributed by atoms with Crippen LogP contribution < -0.4 is 10.9 Å². The average molecular weight is 314 g/mol. The van der Waals surface area contributed by atoms with Crippen molar-refractivity contribution < 1.29 is 0 Å². The number of hydrogen-bond donors (Lipinski definition) is 2. The van der Waals surface area contributed by atoms with Crippen molar-refractivity contribution in [3.8, 4) is 0 Å². The predicted molar refractivity (Wildman–Crippen MR) is 73.7 cm³/mol. The molecule has 0 aliphatic rings. The average Bonchev–Trinajstić information content (AvgIpc) is 2.72. The number of halogens is 1. The Morgan fingerprint density at radius 3 is 2.94 bits per heavy atom. The second-order valence-corrected chi connectivity index (χ2v) is 5.85. The van der Waals surface area contributed by atoms with Crippen LogP contribution in [0.5, 0.6) is 0 Å². The number of H-pyrrole nitrogens is 1. The van der Waals surface area contributed by atoms with Crippen molar-refractivity contribution in [1.82, 2.24) is 10.2 Å². The lowest BCUT2D eigenvalue weighted by Gasteiger charge is -2.13. The van der Waals surface area contributed by atoms with Crippen LogP contribution in [0.4, 0.5) is 5.69 Å². The molecule has 0 spiro atoms. The van der Waals surface area contributed by atoms with Crippen molar-refractivity contribution in [2.45, 2.75) is 19.9 Å². The standard InChI is InChI=1S/C11H12BrN3OS/c1-6-3-4-9(17-6)7(2)14-8-5-13-15-11(16)10(8)12/h3-5,7H,1-2H3,(H2,14,15,16). The van der Waals surface area contributed by atoms with Gasteiger partial charge in [0.25, 0.3) is 5.56 Å². The van der Waals surface area contributed by atoms with Crippen LogP contribution in [-0.2, 0) is 0 Å². The number of nitrogens with one attached hydrogen (secondary N) is 2. The Kier molecular flexibility index (Phi) is 3.63. The van der Waals surface area contributed by atoms with Gasteiger partial charge in [-0.2, -0.15) is 5.10 Å². The fraction of sp³-hybridized carbons (Fsp3) is 0.273. The molecule has 1 unspecified atom stereocenters. The SMILES string of the molecule is Cc1ccc(C(C)Nc2cn[nH]c(=O)c2Br)s1. The summed E-state index contributed by atoms with van der Waals surface area (Å²) in [6.07, 6.45) is 1.60. The summed E-state index contributed by atoms with van der Waals surface area (Å²) < 4.78 is 0.479. The molecule has 2 rings (SSSR count). The number of nitrogens with zero attached hydrogens (tertiary/aromatic N) is 1. The number of thiophene rings is 1. The van der Waals surface area contributed by atoms with Gasteiger partial charge < -0.3 is 5.32 Å². The van der Waals surface area contributed by atoms with Gasteiger partial charge in [0.2, 0.25) is 0 Å². The highest BCUT2D eigenvalue weighted by Crippen LogP contribution is 2.27. The Hall–Kier alpha value is -1.14. The molecular weight excluding hydrogens is 302 g/mol. The smallest absolute Gasteiger partial charge is 0.280 e. The first-order chi connectivity index (χ1) is 8.08. The summed E-state index contributed by atoms with van der Waals surface area (Å²) >= 11 is 4.98. The molecule has 0 saturated carbocycles. The number of rotatable bonds is 3. The first kappa shape index (κ1) is 12.3. The Morgan fingerprint density at radius 1 is 1.53 bits per heavy atom. The second kappa shape index (κ2) is 5.01. The van der Waals surface area contributed by atoms with E-state index in [1.165, 1.54) is 9.75 Å².